The van der Waals surface area contributed by atoms with Crippen LogP contribution in [0, 0.1) is 0 Å². The number of nitrogens with zero attached hydrogens (tertiary/aromatic N) is 2. The summed E-state index contributed by atoms with van der Waals surface area (Å²) < 4.78 is 0. The highest BCUT2D eigenvalue weighted by molar-refractivity contribution is 6.29. The molecule has 1 unspecified atom stereocenters. The van der Waals surface area contributed by atoms with Crippen molar-refractivity contribution in [2.75, 3.05) is 15.5 Å². The smallest absolute Gasteiger partial charge is 0.336 e. The number of imide groups is 1. The number of carbonyl (C=O) groups is 2. The molecule has 0 saturated carbocycles. The number of nitrogen functional groups attached to an aromatic ring is 1. The molecule has 2 aromatic rings. The van der Waals surface area contributed by atoms with E-state index in [-0.39, 0.29) is 11.9 Å². The third-order valence-electron chi connectivity index (χ3n) is 4.01. The Morgan fingerprint density at radius 1 is 1.05 bits per heavy atom. The van der Waals surface area contributed by atoms with E-state index in [1.807, 2.05) is 24.3 Å². The van der Waals surface area contributed by atoms with Gasteiger partial charge in [0.05, 0.1) is 5.69 Å². The van der Waals surface area contributed by atoms with E-state index >= 15 is 0 Å². The van der Waals surface area contributed by atoms with Gasteiger partial charge in [-0.2, -0.15) is 0 Å². The Morgan fingerprint density at radius 2 is 1.86 bits per heavy atom. The number of nitrogens with two attached hydrogens (primary N) is 1. The third-order valence-corrected chi connectivity index (χ3v) is 4.01. The van der Waals surface area contributed by atoms with Crippen molar-refractivity contribution in [1.29, 1.82) is 0 Å². The monoisotopic (exact) mass is 279 g/mol. The maximum atomic E-state index is 12.7. The first kappa shape index (κ1) is 12.0. The van der Waals surface area contributed by atoms with Crippen molar-refractivity contribution in [3.8, 4) is 0 Å². The van der Waals surface area contributed by atoms with Crippen LogP contribution in [0.25, 0.3) is 0 Å². The van der Waals surface area contributed by atoms with E-state index in [9.17, 15) is 9.59 Å². The molecule has 0 aromatic heterocycles. The van der Waals surface area contributed by atoms with Gasteiger partial charge < -0.3 is 5.73 Å². The molecule has 2 aliphatic heterocycles. The molecule has 1 saturated heterocycles. The molecular weight excluding hydrogens is 266 g/mol. The summed E-state index contributed by atoms with van der Waals surface area (Å²) in [5.41, 5.74) is 8.66. The lowest BCUT2D eigenvalue weighted by Gasteiger charge is -2.17. The highest BCUT2D eigenvalue weighted by Gasteiger charge is 2.50. The number of carbonyl (C=O) groups excluding carboxylic acids is 2. The first-order valence-corrected chi connectivity index (χ1v) is 6.77. The molecule has 0 bridgehead atoms. The molecule has 3 amide bonds. The first-order chi connectivity index (χ1) is 10.2. The quantitative estimate of drug-likeness (QED) is 0.642. The van der Waals surface area contributed by atoms with Crippen LogP contribution in [0.15, 0.2) is 48.5 Å². The van der Waals surface area contributed by atoms with Crippen molar-refractivity contribution in [2.45, 2.75) is 12.5 Å². The number of fused-ring (bicyclic) bond motifs is 3. The van der Waals surface area contributed by atoms with Gasteiger partial charge in [0.25, 0.3) is 5.91 Å². The second kappa shape index (κ2) is 4.09. The average molecular weight is 279 g/mol. The van der Waals surface area contributed by atoms with Crippen molar-refractivity contribution in [2.24, 2.45) is 0 Å². The standard InChI is InChI=1S/C16H13N3O2/c17-11-5-3-6-12(9-11)18-15(20)14-8-10-4-1-2-7-13(10)19(14)16(18)21/h1-7,9,14H,8,17H2. The van der Waals surface area contributed by atoms with E-state index in [0.29, 0.717) is 17.8 Å². The van der Waals surface area contributed by atoms with Crippen LogP contribution < -0.4 is 15.5 Å². The fourth-order valence-corrected chi connectivity index (χ4v) is 3.07. The van der Waals surface area contributed by atoms with Gasteiger partial charge in [0.2, 0.25) is 0 Å². The minimum Gasteiger partial charge on any atom is -0.399 e. The Balaban J connectivity index is 1.79. The van der Waals surface area contributed by atoms with Gasteiger partial charge in [-0.1, -0.05) is 24.3 Å². The predicted molar refractivity (Wildman–Crippen MR) is 80.1 cm³/mol. The summed E-state index contributed by atoms with van der Waals surface area (Å²) in [6.07, 6.45) is 0.569. The van der Waals surface area contributed by atoms with Gasteiger partial charge in [-0.05, 0) is 29.8 Å². The van der Waals surface area contributed by atoms with Crippen LogP contribution in [-0.4, -0.2) is 18.0 Å². The van der Waals surface area contributed by atoms with Crippen LogP contribution >= 0.6 is 0 Å². The number of urea groups is 1. The van der Waals surface area contributed by atoms with Gasteiger partial charge in [0.15, 0.2) is 0 Å². The molecule has 5 heteroatoms. The summed E-state index contributed by atoms with van der Waals surface area (Å²) in [6, 6.07) is 13.7. The van der Waals surface area contributed by atoms with Gasteiger partial charge >= 0.3 is 6.03 Å². The molecule has 2 N–H and O–H groups in total. The summed E-state index contributed by atoms with van der Waals surface area (Å²) in [5.74, 6) is -0.193. The van der Waals surface area contributed by atoms with Crippen molar-refractivity contribution in [3.63, 3.8) is 0 Å². The van der Waals surface area contributed by atoms with Crippen LogP contribution in [0.3, 0.4) is 0 Å². The van der Waals surface area contributed by atoms with Gasteiger partial charge in [0.1, 0.15) is 6.04 Å². The highest BCUT2D eigenvalue weighted by Crippen LogP contribution is 2.39. The van der Waals surface area contributed by atoms with E-state index in [2.05, 4.69) is 0 Å². The Hall–Kier alpha value is -2.82. The number of para-hydroxylation sites is 1. The Kier molecular flexibility index (Phi) is 2.33. The SMILES string of the molecule is Nc1cccc(N2C(=O)C3Cc4ccccc4N3C2=O)c1. The molecule has 2 aromatic carbocycles. The zero-order valence-corrected chi connectivity index (χ0v) is 11.2. The first-order valence-electron chi connectivity index (χ1n) is 6.77. The van der Waals surface area contributed by atoms with Gasteiger partial charge in [-0.15, -0.1) is 0 Å². The Bertz CT molecular complexity index is 772. The van der Waals surface area contributed by atoms with Gasteiger partial charge in [-0.25, -0.2) is 9.69 Å². The molecule has 5 nitrogen and oxygen atoms in total. The zero-order valence-electron chi connectivity index (χ0n) is 11.2. The summed E-state index contributed by atoms with van der Waals surface area (Å²) >= 11 is 0. The summed E-state index contributed by atoms with van der Waals surface area (Å²) in [6.45, 7) is 0. The van der Waals surface area contributed by atoms with E-state index in [1.54, 1.807) is 29.2 Å². The second-order valence-corrected chi connectivity index (χ2v) is 5.27. The summed E-state index contributed by atoms with van der Waals surface area (Å²) in [4.78, 5) is 28.1. The largest absolute Gasteiger partial charge is 0.399 e. The minimum atomic E-state index is -0.434. The molecule has 0 radical (unpaired) electrons. The van der Waals surface area contributed by atoms with Crippen molar-refractivity contribution < 1.29 is 9.59 Å². The minimum absolute atomic E-state index is 0.193. The predicted octanol–water partition coefficient (Wildman–Crippen LogP) is 2.17. The average Bonchev–Trinajstić information content (AvgIpc) is 2.96. The topological polar surface area (TPSA) is 66.6 Å². The van der Waals surface area contributed by atoms with Crippen LogP contribution in [0.4, 0.5) is 21.9 Å². The highest BCUT2D eigenvalue weighted by atomic mass is 16.2. The Morgan fingerprint density at radius 3 is 2.67 bits per heavy atom. The zero-order chi connectivity index (χ0) is 14.6. The summed E-state index contributed by atoms with van der Waals surface area (Å²) in [5, 5.41) is 0. The molecule has 1 atom stereocenters. The lowest BCUT2D eigenvalue weighted by Crippen LogP contribution is -2.33. The molecule has 2 aliphatic rings. The fourth-order valence-electron chi connectivity index (χ4n) is 3.07. The van der Waals surface area contributed by atoms with E-state index in [4.69, 9.17) is 5.73 Å². The molecule has 21 heavy (non-hydrogen) atoms. The van der Waals surface area contributed by atoms with Gasteiger partial charge in [0, 0.05) is 17.8 Å². The number of benzene rings is 2. The van der Waals surface area contributed by atoms with Gasteiger partial charge in [-0.3, -0.25) is 9.69 Å². The molecule has 1 fully saturated rings. The lowest BCUT2D eigenvalue weighted by molar-refractivity contribution is -0.117. The van der Waals surface area contributed by atoms with Crippen molar-refractivity contribution in [3.05, 3.63) is 54.1 Å². The lowest BCUT2D eigenvalue weighted by atomic mass is 10.1. The van der Waals surface area contributed by atoms with E-state index in [1.165, 1.54) is 4.90 Å². The number of hydrogen-bond acceptors (Lipinski definition) is 3. The molecule has 0 aliphatic carbocycles. The Labute approximate surface area is 121 Å². The van der Waals surface area contributed by atoms with Crippen molar-refractivity contribution >= 4 is 29.0 Å². The van der Waals surface area contributed by atoms with E-state index < -0.39 is 6.04 Å². The second-order valence-electron chi connectivity index (χ2n) is 5.27. The van der Waals surface area contributed by atoms with Crippen molar-refractivity contribution in [1.82, 2.24) is 0 Å². The third kappa shape index (κ3) is 1.57. The molecule has 4 rings (SSSR count). The van der Waals surface area contributed by atoms with E-state index in [0.717, 1.165) is 11.3 Å². The molecule has 2 heterocycles. The molecular formula is C16H13N3O2. The number of anilines is 3. The number of rotatable bonds is 1. The van der Waals surface area contributed by atoms with Crippen LogP contribution in [-0.2, 0) is 11.2 Å². The maximum absolute atomic E-state index is 12.7. The number of hydrogen-bond donors (Lipinski definition) is 1. The molecule has 0 spiro atoms. The van der Waals surface area contributed by atoms with Crippen LogP contribution in [0.1, 0.15) is 5.56 Å². The normalized spacial score (nSPS) is 19.9. The van der Waals surface area contributed by atoms with Crippen LogP contribution in [0.2, 0.25) is 0 Å². The van der Waals surface area contributed by atoms with Crippen LogP contribution in [0.5, 0.6) is 0 Å². The fraction of sp³-hybridized carbons (Fsp3) is 0.125. The number of amides is 3. The maximum Gasteiger partial charge on any atom is 0.336 e. The molecule has 104 valence electrons. The summed E-state index contributed by atoms with van der Waals surface area (Å²) in [7, 11) is 0.